The van der Waals surface area contributed by atoms with Gasteiger partial charge in [0.2, 0.25) is 0 Å². The maximum absolute atomic E-state index is 2.42. The third-order valence-electron chi connectivity index (χ3n) is 3.10. The first-order valence-electron chi connectivity index (χ1n) is 6.72. The maximum atomic E-state index is 2.42. The van der Waals surface area contributed by atoms with Crippen molar-refractivity contribution < 1.29 is 26.2 Å². The molecule has 23 heavy (non-hydrogen) atoms. The van der Waals surface area contributed by atoms with Gasteiger partial charge >= 0.3 is 26.2 Å². The van der Waals surface area contributed by atoms with E-state index in [4.69, 9.17) is 0 Å². The molecule has 2 radical (unpaired) electrons. The van der Waals surface area contributed by atoms with E-state index in [1.165, 1.54) is 21.5 Å². The molecule has 116 valence electrons. The van der Waals surface area contributed by atoms with Crippen molar-refractivity contribution in [2.75, 3.05) is 0 Å². The summed E-state index contributed by atoms with van der Waals surface area (Å²) in [5.74, 6) is 1.92. The van der Waals surface area contributed by atoms with Gasteiger partial charge in [-0.25, -0.2) is 0 Å². The second-order valence-corrected chi connectivity index (χ2v) is 4.31. The van der Waals surface area contributed by atoms with Crippen LogP contribution in [0.5, 0.6) is 0 Å². The van der Waals surface area contributed by atoms with Crippen molar-refractivity contribution in [1.82, 2.24) is 0 Å². The maximum Gasteiger partial charge on any atom is 2.00 e. The van der Waals surface area contributed by atoms with E-state index in [1.54, 1.807) is 0 Å². The molecule has 4 aromatic rings. The van der Waals surface area contributed by atoms with Gasteiger partial charge in [-0.15, -0.1) is 89.9 Å². The minimum atomic E-state index is 0. The van der Waals surface area contributed by atoms with Gasteiger partial charge in [0.05, 0.1) is 0 Å². The van der Waals surface area contributed by atoms with Crippen LogP contribution in [0, 0.1) is 0 Å². The number of hydrogen-bond acceptors (Lipinski definition) is 0. The molecule has 0 unspecified atom stereocenters. The normalized spacial score (nSPS) is 8.22. The summed E-state index contributed by atoms with van der Waals surface area (Å²) in [5.41, 5.74) is 0. The Hall–Kier alpha value is -0.344. The first-order valence-corrected chi connectivity index (χ1v) is 7.87. The monoisotopic (exact) mass is 434 g/mol. The van der Waals surface area contributed by atoms with Gasteiger partial charge in [0, 0.05) is 0 Å². The van der Waals surface area contributed by atoms with Crippen LogP contribution in [0.3, 0.4) is 0 Å². The van der Waals surface area contributed by atoms with Gasteiger partial charge in [-0.3, -0.25) is 0 Å². The zero-order valence-electron chi connectivity index (χ0n) is 13.0. The Kier molecular flexibility index (Phi) is 15.2. The van der Waals surface area contributed by atoms with E-state index in [-0.39, 0.29) is 51.0 Å². The molecule has 0 fully saturated rings. The average Bonchev–Trinajstić information content (AvgIpc) is 3.18. The second-order valence-electron chi connectivity index (χ2n) is 4.31. The van der Waals surface area contributed by atoms with Crippen molar-refractivity contribution in [3.8, 4) is 0 Å². The van der Waals surface area contributed by atoms with E-state index in [1.807, 2.05) is 5.79 Å². The average molecular weight is 436 g/mol. The standard InChI is InChI=1S/2C9H7.CH3.Al.2ClH.Zr/c2*1-2-5-9-7-3-6-8(9)4-1;;;;;/h2*1-7H;1H3;;2*1H;/q2*-1;;;;;+2. The molecule has 0 aliphatic rings. The van der Waals surface area contributed by atoms with Gasteiger partial charge in [0.1, 0.15) is 16.3 Å². The minimum absolute atomic E-state index is 0. The molecule has 0 N–H and O–H groups in total. The van der Waals surface area contributed by atoms with Crippen LogP contribution in [0.2, 0.25) is 5.79 Å². The summed E-state index contributed by atoms with van der Waals surface area (Å²) >= 11 is 2.42. The Balaban J connectivity index is 0. The topological polar surface area (TPSA) is 0 Å². The second kappa shape index (κ2) is 14.0. The van der Waals surface area contributed by atoms with E-state index in [0.717, 1.165) is 0 Å². The first kappa shape index (κ1) is 24.9. The van der Waals surface area contributed by atoms with Crippen LogP contribution in [-0.4, -0.2) is 16.3 Å². The van der Waals surface area contributed by atoms with Crippen molar-refractivity contribution in [1.29, 1.82) is 0 Å². The predicted octanol–water partition coefficient (Wildman–Crippen LogP) is 6.16. The van der Waals surface area contributed by atoms with Gasteiger partial charge in [0.25, 0.3) is 0 Å². The zero-order chi connectivity index (χ0) is 14.2. The van der Waals surface area contributed by atoms with E-state index in [2.05, 4.69) is 101 Å². The van der Waals surface area contributed by atoms with Crippen molar-refractivity contribution in [2.24, 2.45) is 0 Å². The van der Waals surface area contributed by atoms with Crippen molar-refractivity contribution in [3.05, 3.63) is 84.9 Å². The molecule has 0 saturated carbocycles. The molecule has 0 bridgehead atoms. The number of halogens is 2. The summed E-state index contributed by atoms with van der Waals surface area (Å²) in [6.07, 6.45) is 0. The van der Waals surface area contributed by atoms with Crippen molar-refractivity contribution in [2.45, 2.75) is 5.79 Å². The van der Waals surface area contributed by atoms with Gasteiger partial charge in [-0.05, 0) is 0 Å². The largest absolute Gasteiger partial charge is 2.00 e. The third kappa shape index (κ3) is 7.39. The molecule has 0 aliphatic carbocycles. The quantitative estimate of drug-likeness (QED) is 0.229. The number of fused-ring (bicyclic) bond motifs is 2. The molecule has 0 heterocycles. The van der Waals surface area contributed by atoms with E-state index >= 15 is 0 Å². The molecule has 0 aliphatic heterocycles. The van der Waals surface area contributed by atoms with Gasteiger partial charge in [-0.1, -0.05) is 12.1 Å². The molecule has 0 atom stereocenters. The Morgan fingerprint density at radius 3 is 1.30 bits per heavy atom. The summed E-state index contributed by atoms with van der Waals surface area (Å²) in [6, 6.07) is 29.3. The first-order chi connectivity index (χ1) is 9.93. The molecule has 0 spiro atoms. The van der Waals surface area contributed by atoms with Crippen molar-refractivity contribution in [3.63, 3.8) is 0 Å². The van der Waals surface area contributed by atoms with E-state index < -0.39 is 0 Å². The molecule has 0 saturated heterocycles. The number of rotatable bonds is 0. The number of benzene rings is 2. The van der Waals surface area contributed by atoms with Crippen LogP contribution in [0.15, 0.2) is 84.9 Å². The number of hydrogen-bond donors (Lipinski definition) is 0. The van der Waals surface area contributed by atoms with E-state index in [0.29, 0.717) is 0 Å². The SMILES string of the molecule is Cl.Cl.[CH3][Al].[Zr+2].c1ccc2[cH-]ccc2c1.c1ccc2[cH-]ccc2c1. The van der Waals surface area contributed by atoms with Crippen LogP contribution < -0.4 is 0 Å². The van der Waals surface area contributed by atoms with Crippen LogP contribution in [0.1, 0.15) is 0 Å². The molecular weight excluding hydrogens is 417 g/mol. The van der Waals surface area contributed by atoms with Crippen LogP contribution in [-0.2, 0) is 26.2 Å². The smallest absolute Gasteiger partial charge is 0.168 e. The van der Waals surface area contributed by atoms with Gasteiger partial charge in [-0.2, -0.15) is 35.0 Å². The Morgan fingerprint density at radius 2 is 0.957 bits per heavy atom. The molecule has 0 amide bonds. The van der Waals surface area contributed by atoms with Crippen LogP contribution in [0.25, 0.3) is 21.5 Å². The minimum Gasteiger partial charge on any atom is -0.168 e. The third-order valence-corrected chi connectivity index (χ3v) is 3.10. The van der Waals surface area contributed by atoms with Crippen molar-refractivity contribution >= 4 is 62.6 Å². The summed E-state index contributed by atoms with van der Waals surface area (Å²) in [7, 11) is 0. The zero-order valence-corrected chi connectivity index (χ0v) is 18.2. The Bertz CT molecular complexity index is 635. The fraction of sp³-hybridized carbons (Fsp3) is 0.0526. The Labute approximate surface area is 178 Å². The molecule has 0 nitrogen and oxygen atoms in total. The van der Waals surface area contributed by atoms with Gasteiger partial charge < -0.3 is 0 Å². The molecule has 4 aromatic carbocycles. The molecular formula is C19H19AlCl2Zr. The summed E-state index contributed by atoms with van der Waals surface area (Å²) < 4.78 is 0. The summed E-state index contributed by atoms with van der Waals surface area (Å²) in [5, 5.41) is 5.32. The molecule has 4 heteroatoms. The summed E-state index contributed by atoms with van der Waals surface area (Å²) in [4.78, 5) is 0. The Morgan fingerprint density at radius 1 is 0.609 bits per heavy atom. The molecule has 0 aromatic heterocycles. The van der Waals surface area contributed by atoms with Gasteiger partial charge in [0.15, 0.2) is 0 Å². The fourth-order valence-corrected chi connectivity index (χ4v) is 2.14. The van der Waals surface area contributed by atoms with Crippen LogP contribution >= 0.6 is 24.8 Å². The predicted molar refractivity (Wildman–Crippen MR) is 105 cm³/mol. The molecule has 4 rings (SSSR count). The fourth-order valence-electron chi connectivity index (χ4n) is 2.14. The summed E-state index contributed by atoms with van der Waals surface area (Å²) in [6.45, 7) is 0. The van der Waals surface area contributed by atoms with E-state index in [9.17, 15) is 0 Å². The van der Waals surface area contributed by atoms with Crippen LogP contribution in [0.4, 0.5) is 0 Å².